The number of nitrogens with zero attached hydrogens (tertiary/aromatic N) is 10. The first-order chi connectivity index (χ1) is 61.9. The maximum atomic E-state index is 8.09. The number of hydrogen-bond acceptors (Lipinski definition) is 0. The van der Waals surface area contributed by atoms with Crippen molar-refractivity contribution in [2.24, 2.45) is 35.2 Å². The van der Waals surface area contributed by atoms with Crippen molar-refractivity contribution in [2.75, 3.05) is 0 Å². The average Bonchev–Trinajstić information content (AvgIpc) is 1.58. The van der Waals surface area contributed by atoms with Gasteiger partial charge in [-0.25, -0.2) is 22.8 Å². The van der Waals surface area contributed by atoms with Crippen LogP contribution in [0.5, 0.6) is 0 Å². The Morgan fingerprint density at radius 2 is 0.634 bits per heavy atom. The number of pyridine rings is 5. The van der Waals surface area contributed by atoms with Gasteiger partial charge >= 0.3 is 0 Å². The van der Waals surface area contributed by atoms with Crippen molar-refractivity contribution in [3.8, 4) is 33.8 Å². The van der Waals surface area contributed by atoms with Crippen LogP contribution in [0.3, 0.4) is 0 Å². The standard InChI is InChI=1S/C24H27N2.2C24H21N2.C23H19N2.C18H17N2/c1-14-9-8-10-16-19-15(2)11-12-17-21(19)26-18(24(5,6)23(17,3)4)13-25(7)22(26)20(14)16;2*1-16-10-8-14-20-22(16)19-13-7-9-17(2)23(19)24-25(3)21(15-26(20)24)18-11-5-4-6-12-18;1-16-9-8-13-19-18-12-6-7-14-20(18)25-15-21(17-10-4-3-5-11-17)24(2)23(25)22(16)19;1-12-7-5-9-15-16(12)14-8-4-6-13(2)17(14)18-19(3)10-11-20(15)18/h8-13H,1-7H3;2*4-15H,1-3H3;3-15H,1-2H3;4-11H,1-3H3/q5*+1/i;1D3;;;1D3. The highest BCUT2D eigenvalue weighted by atomic mass is 15.1. The molecule has 0 aliphatic carbocycles. The van der Waals surface area contributed by atoms with Crippen LogP contribution in [-0.4, -0.2) is 22.5 Å². The lowest BCUT2D eigenvalue weighted by molar-refractivity contribution is -0.643. The number of fused-ring (bicyclic) bond motifs is 27. The molecule has 0 fully saturated rings. The number of benzene rings is 13. The molecule has 10 heteroatoms. The predicted octanol–water partition coefficient (Wildman–Crippen LogP) is 24.7. The minimum Gasteiger partial charge on any atom is -0.232 e. The van der Waals surface area contributed by atoms with Gasteiger partial charge in [0.25, 0.3) is 28.2 Å². The largest absolute Gasteiger partial charge is 0.295 e. The van der Waals surface area contributed by atoms with Crippen LogP contribution in [0.15, 0.2) is 310 Å². The summed E-state index contributed by atoms with van der Waals surface area (Å²) in [6.45, 7) is 20.5. The molecule has 0 spiro atoms. The molecule has 24 rings (SSSR count). The van der Waals surface area contributed by atoms with Crippen LogP contribution in [0.25, 0.3) is 170 Å². The number of rotatable bonds is 3. The predicted molar refractivity (Wildman–Crippen MR) is 513 cm³/mol. The zero-order valence-electron chi connectivity index (χ0n) is 78.9. The Balaban J connectivity index is 0.000000101. The molecule has 10 aromatic heterocycles. The average molecular weight is 1610 g/mol. The number of aromatic nitrogens is 10. The fraction of sp³-hybridized carbons (Fsp3) is 0.177. The molecule has 0 bridgehead atoms. The Morgan fingerprint density at radius 1 is 0.285 bits per heavy atom. The summed E-state index contributed by atoms with van der Waals surface area (Å²) >= 11 is 0. The van der Waals surface area contributed by atoms with E-state index in [9.17, 15) is 0 Å². The minimum absolute atomic E-state index is 0.0444. The third kappa shape index (κ3) is 11.8. The summed E-state index contributed by atoms with van der Waals surface area (Å²) < 4.78 is 70.8. The number of hydrogen-bond donors (Lipinski definition) is 0. The second kappa shape index (κ2) is 29.4. The van der Waals surface area contributed by atoms with Gasteiger partial charge in [0.1, 0.15) is 64.8 Å². The lowest BCUT2D eigenvalue weighted by atomic mass is 9.60. The Hall–Kier alpha value is -14.1. The molecule has 0 saturated heterocycles. The summed E-state index contributed by atoms with van der Waals surface area (Å²) in [5, 5.41) is 17.9. The van der Waals surface area contributed by atoms with Crippen LogP contribution in [-0.2, 0) is 46.1 Å². The molecule has 0 amide bonds. The van der Waals surface area contributed by atoms with Gasteiger partial charge in [0.15, 0.2) is 22.8 Å². The summed E-state index contributed by atoms with van der Waals surface area (Å²) in [6, 6.07) is 94.7. The Kier molecular flexibility index (Phi) is 16.9. The minimum atomic E-state index is -2.18. The first-order valence-corrected chi connectivity index (χ1v) is 42.7. The summed E-state index contributed by atoms with van der Waals surface area (Å²) in [5.74, 6) is 0. The van der Waals surface area contributed by atoms with Gasteiger partial charge < -0.3 is 0 Å². The van der Waals surface area contributed by atoms with Gasteiger partial charge in [-0.2, -0.15) is 22.0 Å². The van der Waals surface area contributed by atoms with E-state index in [0.717, 1.165) is 77.0 Å². The fourth-order valence-corrected chi connectivity index (χ4v) is 20.7. The molecular formula is C113H105N10+5. The van der Waals surface area contributed by atoms with Gasteiger partial charge in [-0.15, -0.1) is 0 Å². The van der Waals surface area contributed by atoms with Crippen molar-refractivity contribution in [3.05, 3.63) is 371 Å². The SMILES string of the molecule is Cc1ccc2c3c1c1cccc(C)c1c1n3c(c[n+]1C)C(C)(C)C2(C)C.Cc1cccc2c1c1cccc(C)c1c1n(C)c(-c3ccccc3)c[n+]21.Cc1cccc2c3ccccc3[n+]3cc(-c4ccccc4)n(C)c3c12.[2H]C([2H])([2H])c1cccc2c1c1cccc(C)c1c1n(C)c(-c3ccccc3)c[n+]21.[2H]C([2H])([2H])c1cccc2c1c1cccc(C)c1c1n2cc[n+]1C. The zero-order chi connectivity index (χ0) is 90.1. The third-order valence-electron chi connectivity index (χ3n) is 27.4. The van der Waals surface area contributed by atoms with Crippen molar-refractivity contribution in [3.63, 3.8) is 0 Å². The van der Waals surface area contributed by atoms with Gasteiger partial charge in [0, 0.05) is 95.2 Å². The highest BCUT2D eigenvalue weighted by molar-refractivity contribution is 6.17. The van der Waals surface area contributed by atoms with Gasteiger partial charge in [0.05, 0.1) is 62.2 Å². The molecule has 1 aliphatic rings. The monoisotopic (exact) mass is 1610 g/mol. The van der Waals surface area contributed by atoms with Crippen molar-refractivity contribution in [1.82, 2.24) is 22.5 Å². The highest BCUT2D eigenvalue weighted by Crippen LogP contribution is 2.52. The maximum Gasteiger partial charge on any atom is 0.295 e. The van der Waals surface area contributed by atoms with E-state index in [4.69, 9.17) is 8.22 Å². The number of aryl methyl sites for hydroxylation is 14. The lowest BCUT2D eigenvalue weighted by Crippen LogP contribution is -2.44. The zero-order valence-corrected chi connectivity index (χ0v) is 72.9. The second-order valence-electron chi connectivity index (χ2n) is 35.1. The summed E-state index contributed by atoms with van der Waals surface area (Å²) in [6.07, 6.45) is 13.0. The van der Waals surface area contributed by atoms with Crippen LogP contribution in [0, 0.1) is 62.2 Å². The summed E-state index contributed by atoms with van der Waals surface area (Å²) in [7, 11) is 10.6. The smallest absolute Gasteiger partial charge is 0.232 e. The van der Waals surface area contributed by atoms with E-state index < -0.39 is 13.7 Å². The summed E-state index contributed by atoms with van der Waals surface area (Å²) in [4.78, 5) is 0. The van der Waals surface area contributed by atoms with Crippen LogP contribution in [0.4, 0.5) is 0 Å². The van der Waals surface area contributed by atoms with E-state index in [1.807, 2.05) is 86.2 Å². The van der Waals surface area contributed by atoms with Crippen molar-refractivity contribution < 1.29 is 30.6 Å². The van der Waals surface area contributed by atoms with Crippen molar-refractivity contribution in [1.29, 1.82) is 0 Å². The van der Waals surface area contributed by atoms with E-state index in [1.165, 1.54) is 144 Å². The van der Waals surface area contributed by atoms with Gasteiger partial charge in [0.2, 0.25) is 0 Å². The Morgan fingerprint density at radius 3 is 1.12 bits per heavy atom. The molecule has 13 aromatic carbocycles. The molecule has 10 nitrogen and oxygen atoms in total. The molecule has 0 unspecified atom stereocenters. The molecule has 0 atom stereocenters. The second-order valence-corrected chi connectivity index (χ2v) is 35.1. The van der Waals surface area contributed by atoms with Gasteiger partial charge in [-0.05, 0) is 137 Å². The normalized spacial score (nSPS) is 13.9. The fourth-order valence-electron chi connectivity index (χ4n) is 20.7. The van der Waals surface area contributed by atoms with Crippen molar-refractivity contribution in [2.45, 2.75) is 101 Å². The van der Waals surface area contributed by atoms with Crippen LogP contribution in [0.1, 0.15) is 97.2 Å². The molecule has 0 radical (unpaired) electrons. The molecule has 0 N–H and O–H groups in total. The molecular weight excluding hydrogens is 1500 g/mol. The van der Waals surface area contributed by atoms with E-state index in [0.29, 0.717) is 11.1 Å². The molecule has 23 aromatic rings. The molecule has 0 saturated carbocycles. The highest BCUT2D eigenvalue weighted by Gasteiger charge is 2.50. The molecule has 123 heavy (non-hydrogen) atoms. The first kappa shape index (κ1) is 70.7. The quantitative estimate of drug-likeness (QED) is 0.125. The van der Waals surface area contributed by atoms with Gasteiger partial charge in [-0.1, -0.05) is 276 Å². The Labute approximate surface area is 726 Å². The number of para-hydroxylation sites is 1. The van der Waals surface area contributed by atoms with E-state index in [1.54, 1.807) is 12.1 Å². The van der Waals surface area contributed by atoms with E-state index in [2.05, 4.69) is 368 Å². The van der Waals surface area contributed by atoms with Crippen LogP contribution < -0.4 is 22.3 Å². The summed E-state index contributed by atoms with van der Waals surface area (Å²) in [5.41, 5.74) is 31.5. The Bertz CT molecular complexity index is 8600. The topological polar surface area (TPSA) is 43.7 Å². The lowest BCUT2D eigenvalue weighted by Gasteiger charge is -2.43. The first-order valence-electron chi connectivity index (χ1n) is 45.7. The van der Waals surface area contributed by atoms with Crippen LogP contribution in [0.2, 0.25) is 0 Å². The number of imidazole rings is 5. The van der Waals surface area contributed by atoms with Crippen molar-refractivity contribution >= 4 is 137 Å². The maximum absolute atomic E-state index is 8.09. The van der Waals surface area contributed by atoms with Gasteiger partial charge in [-0.3, -0.25) is 0 Å². The molecule has 11 heterocycles. The van der Waals surface area contributed by atoms with E-state index >= 15 is 0 Å². The molecule has 602 valence electrons. The van der Waals surface area contributed by atoms with E-state index in [-0.39, 0.29) is 10.8 Å². The third-order valence-corrected chi connectivity index (χ3v) is 27.4. The molecule has 1 aliphatic heterocycles. The van der Waals surface area contributed by atoms with Crippen LogP contribution >= 0.6 is 0 Å².